The molecule has 1 aliphatic rings. The zero-order valence-electron chi connectivity index (χ0n) is 20.6. The lowest BCUT2D eigenvalue weighted by atomic mass is 9.88. The highest BCUT2D eigenvalue weighted by Gasteiger charge is 2.33. The molecule has 1 saturated heterocycles. The largest absolute Gasteiger partial charge is 0.504 e. The maximum absolute atomic E-state index is 13.4. The lowest BCUT2D eigenvalue weighted by Gasteiger charge is -2.33. The van der Waals surface area contributed by atoms with Gasteiger partial charge in [0.1, 0.15) is 16.7 Å². The molecule has 0 saturated carbocycles. The maximum Gasteiger partial charge on any atom is 0.223 e. The molecule has 2 aromatic heterocycles. The predicted molar refractivity (Wildman–Crippen MR) is 137 cm³/mol. The number of aromatic hydroxyl groups is 3. The van der Waals surface area contributed by atoms with Gasteiger partial charge in [0, 0.05) is 69.1 Å². The van der Waals surface area contributed by atoms with Crippen LogP contribution in [0, 0.1) is 0 Å². The Morgan fingerprint density at radius 2 is 1.70 bits per heavy atom. The van der Waals surface area contributed by atoms with E-state index in [0.717, 1.165) is 13.1 Å². The summed E-state index contributed by atoms with van der Waals surface area (Å²) >= 11 is 0. The highest BCUT2D eigenvalue weighted by Crippen LogP contribution is 2.49. The molecule has 0 aliphatic carbocycles. The minimum absolute atomic E-state index is 0.0336. The highest BCUT2D eigenvalue weighted by atomic mass is 16.3. The van der Waals surface area contributed by atoms with E-state index in [1.54, 1.807) is 53.2 Å². The Labute approximate surface area is 212 Å². The van der Waals surface area contributed by atoms with E-state index >= 15 is 0 Å². The van der Waals surface area contributed by atoms with Gasteiger partial charge in [0.05, 0.1) is 5.56 Å². The SMILES string of the molecule is CN1CCN(C(=O)C[C@@H](c2c(O)c(O)c(O)c3c(=O)cc(-c4ccccc4)oc23)c2ccnn2C)CC1. The van der Waals surface area contributed by atoms with Crippen LogP contribution in [0.2, 0.25) is 0 Å². The topological polar surface area (TPSA) is 132 Å². The standard InChI is InChI=1S/C27H28N4O6/c1-29-10-12-31(13-11-29)21(33)14-17(18-8-9-28-30(18)2)22-24(34)26(36)25(35)23-19(32)15-20(37-27(22)23)16-6-4-3-5-7-16/h3-9,15,17,34-36H,10-14H2,1-2H3/t17-/m1/s1. The molecule has 192 valence electrons. The molecule has 3 heterocycles. The van der Waals surface area contributed by atoms with Crippen LogP contribution in [0.4, 0.5) is 0 Å². The number of piperazine rings is 1. The van der Waals surface area contributed by atoms with E-state index in [-0.39, 0.29) is 34.6 Å². The predicted octanol–water partition coefficient (Wildman–Crippen LogP) is 2.61. The second-order valence-electron chi connectivity index (χ2n) is 9.32. The third kappa shape index (κ3) is 4.40. The molecule has 0 unspecified atom stereocenters. The molecule has 1 amide bonds. The molecule has 10 nitrogen and oxygen atoms in total. The molecule has 0 bridgehead atoms. The van der Waals surface area contributed by atoms with Gasteiger partial charge in [-0.15, -0.1) is 0 Å². The minimum Gasteiger partial charge on any atom is -0.504 e. The smallest absolute Gasteiger partial charge is 0.223 e. The van der Waals surface area contributed by atoms with Crippen molar-refractivity contribution in [2.45, 2.75) is 12.3 Å². The third-order valence-electron chi connectivity index (χ3n) is 6.99. The van der Waals surface area contributed by atoms with Crippen LogP contribution in [0.15, 0.2) is 57.9 Å². The number of benzene rings is 2. The monoisotopic (exact) mass is 504 g/mol. The molecule has 1 atom stereocenters. The molecule has 0 radical (unpaired) electrons. The first-order valence-corrected chi connectivity index (χ1v) is 12.0. The van der Waals surface area contributed by atoms with Crippen molar-refractivity contribution >= 4 is 16.9 Å². The summed E-state index contributed by atoms with van der Waals surface area (Å²) in [6.45, 7) is 2.61. The van der Waals surface area contributed by atoms with Crippen LogP contribution in [0.3, 0.4) is 0 Å². The molecule has 4 aromatic rings. The van der Waals surface area contributed by atoms with Crippen LogP contribution < -0.4 is 5.43 Å². The average molecular weight is 505 g/mol. The number of phenols is 3. The lowest BCUT2D eigenvalue weighted by molar-refractivity contribution is -0.133. The van der Waals surface area contributed by atoms with Crippen molar-refractivity contribution in [3.8, 4) is 28.6 Å². The van der Waals surface area contributed by atoms with E-state index in [2.05, 4.69) is 10.00 Å². The second kappa shape index (κ2) is 9.62. The Balaban J connectivity index is 1.72. The number of rotatable bonds is 5. The van der Waals surface area contributed by atoms with E-state index < -0.39 is 28.6 Å². The van der Waals surface area contributed by atoms with Gasteiger partial charge in [-0.1, -0.05) is 30.3 Å². The molecule has 10 heteroatoms. The first-order valence-electron chi connectivity index (χ1n) is 12.0. The van der Waals surface area contributed by atoms with Crippen molar-refractivity contribution in [1.82, 2.24) is 19.6 Å². The van der Waals surface area contributed by atoms with Gasteiger partial charge in [-0.05, 0) is 13.1 Å². The fraction of sp³-hybridized carbons (Fsp3) is 0.296. The number of likely N-dealkylation sites (N-methyl/N-ethyl adjacent to an activating group) is 1. The molecule has 0 spiro atoms. The summed E-state index contributed by atoms with van der Waals surface area (Å²) < 4.78 is 7.71. The summed E-state index contributed by atoms with van der Waals surface area (Å²) in [5, 5.41) is 36.3. The molecule has 3 N–H and O–H groups in total. The van der Waals surface area contributed by atoms with Gasteiger partial charge in [0.15, 0.2) is 16.9 Å². The zero-order valence-corrected chi connectivity index (χ0v) is 20.6. The summed E-state index contributed by atoms with van der Waals surface area (Å²) in [6, 6.07) is 11.9. The lowest BCUT2D eigenvalue weighted by Crippen LogP contribution is -2.47. The fourth-order valence-corrected chi connectivity index (χ4v) is 4.88. The quantitative estimate of drug-likeness (QED) is 0.354. The maximum atomic E-state index is 13.4. The number of nitrogens with zero attached hydrogens (tertiary/aromatic N) is 4. The van der Waals surface area contributed by atoms with E-state index in [9.17, 15) is 24.9 Å². The zero-order chi connectivity index (χ0) is 26.3. The summed E-state index contributed by atoms with van der Waals surface area (Å²) in [6.07, 6.45) is 1.49. The number of phenolic OH excluding ortho intramolecular Hbond substituents is 3. The highest BCUT2D eigenvalue weighted by molar-refractivity contribution is 5.94. The van der Waals surface area contributed by atoms with Crippen LogP contribution in [-0.2, 0) is 11.8 Å². The van der Waals surface area contributed by atoms with Crippen LogP contribution >= 0.6 is 0 Å². The summed E-state index contributed by atoms with van der Waals surface area (Å²) in [5.74, 6) is -3.04. The molecular formula is C27H28N4O6. The number of carbonyl (C=O) groups excluding carboxylic acids is 1. The van der Waals surface area contributed by atoms with E-state index in [0.29, 0.717) is 24.3 Å². The molecule has 1 fully saturated rings. The molecule has 37 heavy (non-hydrogen) atoms. The van der Waals surface area contributed by atoms with Crippen LogP contribution in [-0.4, -0.2) is 74.0 Å². The fourth-order valence-electron chi connectivity index (χ4n) is 4.88. The third-order valence-corrected chi connectivity index (χ3v) is 6.99. The second-order valence-corrected chi connectivity index (χ2v) is 9.32. The summed E-state index contributed by atoms with van der Waals surface area (Å²) in [7, 11) is 3.70. The number of hydrogen-bond donors (Lipinski definition) is 3. The van der Waals surface area contributed by atoms with Gasteiger partial charge >= 0.3 is 0 Å². The van der Waals surface area contributed by atoms with Crippen LogP contribution in [0.25, 0.3) is 22.3 Å². The number of aryl methyl sites for hydroxylation is 1. The van der Waals surface area contributed by atoms with Crippen molar-refractivity contribution in [2.75, 3.05) is 33.2 Å². The number of carbonyl (C=O) groups is 1. The van der Waals surface area contributed by atoms with Crippen LogP contribution in [0.1, 0.15) is 23.6 Å². The van der Waals surface area contributed by atoms with Crippen molar-refractivity contribution in [3.63, 3.8) is 0 Å². The van der Waals surface area contributed by atoms with Crippen molar-refractivity contribution in [3.05, 3.63) is 70.1 Å². The van der Waals surface area contributed by atoms with Gasteiger partial charge in [0.25, 0.3) is 0 Å². The van der Waals surface area contributed by atoms with Gasteiger partial charge in [-0.3, -0.25) is 14.3 Å². The Hall–Kier alpha value is -4.31. The van der Waals surface area contributed by atoms with Crippen molar-refractivity contribution in [1.29, 1.82) is 0 Å². The van der Waals surface area contributed by atoms with Crippen LogP contribution in [0.5, 0.6) is 17.2 Å². The molecule has 2 aromatic carbocycles. The van der Waals surface area contributed by atoms with Gasteiger partial charge < -0.3 is 29.5 Å². The number of aromatic nitrogens is 2. The Bertz CT molecular complexity index is 1520. The summed E-state index contributed by atoms with van der Waals surface area (Å²) in [5.41, 5.74) is 0.521. The minimum atomic E-state index is -0.846. The Morgan fingerprint density at radius 1 is 1.00 bits per heavy atom. The van der Waals surface area contributed by atoms with E-state index in [4.69, 9.17) is 4.42 Å². The average Bonchev–Trinajstić information content (AvgIpc) is 3.32. The van der Waals surface area contributed by atoms with Crippen molar-refractivity contribution in [2.24, 2.45) is 7.05 Å². The van der Waals surface area contributed by atoms with E-state index in [1.165, 1.54) is 6.07 Å². The normalized spacial score (nSPS) is 15.2. The summed E-state index contributed by atoms with van der Waals surface area (Å²) in [4.78, 5) is 30.5. The van der Waals surface area contributed by atoms with E-state index in [1.807, 2.05) is 13.1 Å². The molecule has 5 rings (SSSR count). The first kappa shape index (κ1) is 24.4. The molecular weight excluding hydrogens is 476 g/mol. The number of fused-ring (bicyclic) bond motifs is 1. The first-order chi connectivity index (χ1) is 17.8. The Morgan fingerprint density at radius 3 is 2.35 bits per heavy atom. The van der Waals surface area contributed by atoms with Crippen molar-refractivity contribution < 1.29 is 24.5 Å². The Kier molecular flexibility index (Phi) is 6.34. The number of amides is 1. The van der Waals surface area contributed by atoms with Gasteiger partial charge in [-0.2, -0.15) is 5.10 Å². The number of hydrogen-bond acceptors (Lipinski definition) is 8. The van der Waals surface area contributed by atoms with Gasteiger partial charge in [0.2, 0.25) is 11.7 Å². The van der Waals surface area contributed by atoms with Gasteiger partial charge in [-0.25, -0.2) is 0 Å². The molecule has 1 aliphatic heterocycles.